The zero-order chi connectivity index (χ0) is 25.9. The smallest absolute Gasteiger partial charge is 0.285 e. The Bertz CT molecular complexity index is 1340. The van der Waals surface area contributed by atoms with Gasteiger partial charge < -0.3 is 4.74 Å². The first-order chi connectivity index (χ1) is 17.1. The molecule has 5 nitrogen and oxygen atoms in total. The molecular formula is C29H28N2O3S2. The number of thioether (sulfide) groups is 1. The Morgan fingerprint density at radius 2 is 1.69 bits per heavy atom. The number of aryl methyl sites for hydroxylation is 1. The Morgan fingerprint density at radius 1 is 1.03 bits per heavy atom. The summed E-state index contributed by atoms with van der Waals surface area (Å²) in [5.74, 6) is -0.0991. The number of hydrogen-bond donors (Lipinski definition) is 1. The van der Waals surface area contributed by atoms with Crippen molar-refractivity contribution in [2.75, 3.05) is 0 Å². The minimum Gasteiger partial charge on any atom is -0.488 e. The predicted octanol–water partition coefficient (Wildman–Crippen LogP) is 6.42. The van der Waals surface area contributed by atoms with Crippen LogP contribution in [0.25, 0.3) is 6.08 Å². The van der Waals surface area contributed by atoms with Crippen LogP contribution in [0, 0.1) is 6.92 Å². The third-order valence-corrected chi connectivity index (χ3v) is 7.12. The molecule has 0 bridgehead atoms. The molecule has 0 unspecified atom stereocenters. The van der Waals surface area contributed by atoms with E-state index in [-0.39, 0.29) is 21.5 Å². The fourth-order valence-corrected chi connectivity index (χ4v) is 4.86. The number of hydrazine groups is 1. The number of rotatable bonds is 6. The van der Waals surface area contributed by atoms with Crippen molar-refractivity contribution in [3.63, 3.8) is 0 Å². The first-order valence-electron chi connectivity index (χ1n) is 11.6. The highest BCUT2D eigenvalue weighted by atomic mass is 32.2. The van der Waals surface area contributed by atoms with Gasteiger partial charge in [0, 0.05) is 11.1 Å². The van der Waals surface area contributed by atoms with Crippen LogP contribution in [0.2, 0.25) is 0 Å². The van der Waals surface area contributed by atoms with Gasteiger partial charge in [0.1, 0.15) is 12.4 Å². The van der Waals surface area contributed by atoms with E-state index in [9.17, 15) is 9.59 Å². The first-order valence-corrected chi connectivity index (χ1v) is 12.8. The zero-order valence-electron chi connectivity index (χ0n) is 20.7. The summed E-state index contributed by atoms with van der Waals surface area (Å²) < 4.78 is 6.37. The highest BCUT2D eigenvalue weighted by molar-refractivity contribution is 8.26. The van der Waals surface area contributed by atoms with Crippen molar-refractivity contribution < 1.29 is 14.3 Å². The van der Waals surface area contributed by atoms with Crippen molar-refractivity contribution in [1.82, 2.24) is 10.4 Å². The molecule has 1 saturated heterocycles. The molecule has 3 aromatic carbocycles. The van der Waals surface area contributed by atoms with Crippen molar-refractivity contribution in [3.05, 3.63) is 106 Å². The number of benzene rings is 3. The van der Waals surface area contributed by atoms with Crippen molar-refractivity contribution in [3.8, 4) is 5.75 Å². The van der Waals surface area contributed by atoms with Gasteiger partial charge in [0.05, 0.1) is 4.91 Å². The number of carbonyl (C=O) groups is 2. The number of thiocarbonyl (C=S) groups is 1. The molecule has 0 atom stereocenters. The molecule has 0 saturated carbocycles. The molecule has 36 heavy (non-hydrogen) atoms. The van der Waals surface area contributed by atoms with E-state index in [1.54, 1.807) is 18.2 Å². The van der Waals surface area contributed by atoms with Gasteiger partial charge in [-0.25, -0.2) is 0 Å². The summed E-state index contributed by atoms with van der Waals surface area (Å²) in [6.07, 6.45) is 1.75. The molecule has 0 aliphatic carbocycles. The summed E-state index contributed by atoms with van der Waals surface area (Å²) >= 11 is 6.52. The number of amides is 2. The monoisotopic (exact) mass is 516 g/mol. The second kappa shape index (κ2) is 10.7. The summed E-state index contributed by atoms with van der Waals surface area (Å²) in [7, 11) is 0. The van der Waals surface area contributed by atoms with Crippen LogP contribution in [-0.4, -0.2) is 21.1 Å². The van der Waals surface area contributed by atoms with Gasteiger partial charge in [-0.3, -0.25) is 15.0 Å². The standard InChI is InChI=1S/C29H28N2O3S2/c1-19-9-5-7-11-23(19)26(32)30-31-27(33)25(36-28(31)35)17-21-10-6-8-12-24(21)34-18-20-13-15-22(16-14-20)29(2,3)4/h5-17H,18H2,1-4H3,(H,30,32)/b25-17+. The summed E-state index contributed by atoms with van der Waals surface area (Å²) in [6, 6.07) is 23.1. The third kappa shape index (κ3) is 5.86. The predicted molar refractivity (Wildman–Crippen MR) is 150 cm³/mol. The van der Waals surface area contributed by atoms with Crippen molar-refractivity contribution >= 4 is 46.2 Å². The van der Waals surface area contributed by atoms with E-state index in [2.05, 4.69) is 50.5 Å². The average molecular weight is 517 g/mol. The summed E-state index contributed by atoms with van der Waals surface area (Å²) in [4.78, 5) is 26.2. The second-order valence-corrected chi connectivity index (χ2v) is 11.2. The molecule has 0 aromatic heterocycles. The van der Waals surface area contributed by atoms with Crippen LogP contribution in [0.1, 0.15) is 53.4 Å². The van der Waals surface area contributed by atoms with E-state index in [0.717, 1.165) is 33.5 Å². The highest BCUT2D eigenvalue weighted by Crippen LogP contribution is 2.33. The fourth-order valence-electron chi connectivity index (χ4n) is 3.69. The van der Waals surface area contributed by atoms with Gasteiger partial charge in [0.2, 0.25) is 0 Å². The Labute approximate surface area is 221 Å². The van der Waals surface area contributed by atoms with E-state index in [1.165, 1.54) is 5.56 Å². The molecule has 4 rings (SSSR count). The molecule has 1 fully saturated rings. The number of para-hydroxylation sites is 1. The summed E-state index contributed by atoms with van der Waals surface area (Å²) in [5, 5.41) is 1.13. The minimum absolute atomic E-state index is 0.0948. The fraction of sp³-hybridized carbons (Fsp3) is 0.207. The second-order valence-electron chi connectivity index (χ2n) is 9.55. The van der Waals surface area contributed by atoms with Crippen molar-refractivity contribution in [2.24, 2.45) is 0 Å². The van der Waals surface area contributed by atoms with E-state index in [1.807, 2.05) is 43.3 Å². The Morgan fingerprint density at radius 3 is 2.39 bits per heavy atom. The van der Waals surface area contributed by atoms with E-state index in [4.69, 9.17) is 17.0 Å². The summed E-state index contributed by atoms with van der Waals surface area (Å²) in [5.41, 5.74) is 7.12. The molecule has 1 N–H and O–H groups in total. The largest absolute Gasteiger partial charge is 0.488 e. The van der Waals surface area contributed by atoms with Gasteiger partial charge in [-0.05, 0) is 59.5 Å². The minimum atomic E-state index is -0.383. The third-order valence-electron chi connectivity index (χ3n) is 5.82. The van der Waals surface area contributed by atoms with Gasteiger partial charge in [0.25, 0.3) is 11.8 Å². The van der Waals surface area contributed by atoms with E-state index in [0.29, 0.717) is 22.8 Å². The Balaban J connectivity index is 1.47. The average Bonchev–Trinajstić information content (AvgIpc) is 3.10. The Kier molecular flexibility index (Phi) is 7.62. The summed E-state index contributed by atoms with van der Waals surface area (Å²) in [6.45, 7) is 8.81. The van der Waals surface area contributed by atoms with Crippen LogP contribution in [0.15, 0.2) is 77.7 Å². The number of hydrogen-bond acceptors (Lipinski definition) is 5. The van der Waals surface area contributed by atoms with Crippen LogP contribution >= 0.6 is 24.0 Å². The lowest BCUT2D eigenvalue weighted by molar-refractivity contribution is -0.123. The molecule has 7 heteroatoms. The molecule has 0 spiro atoms. The maximum Gasteiger partial charge on any atom is 0.285 e. The lowest BCUT2D eigenvalue weighted by atomic mass is 9.87. The molecule has 1 aliphatic heterocycles. The number of ether oxygens (including phenoxy) is 1. The normalized spacial score (nSPS) is 14.9. The van der Waals surface area contributed by atoms with Gasteiger partial charge in [-0.1, -0.05) is 93.2 Å². The molecule has 184 valence electrons. The van der Waals surface area contributed by atoms with Gasteiger partial charge in [-0.2, -0.15) is 5.01 Å². The molecule has 2 amide bonds. The van der Waals surface area contributed by atoms with Crippen LogP contribution < -0.4 is 10.2 Å². The van der Waals surface area contributed by atoms with Crippen molar-refractivity contribution in [2.45, 2.75) is 39.7 Å². The topological polar surface area (TPSA) is 58.6 Å². The van der Waals surface area contributed by atoms with Crippen LogP contribution in [-0.2, 0) is 16.8 Å². The molecule has 3 aromatic rings. The zero-order valence-corrected chi connectivity index (χ0v) is 22.3. The van der Waals surface area contributed by atoms with Crippen LogP contribution in [0.5, 0.6) is 5.75 Å². The first kappa shape index (κ1) is 25.7. The lowest BCUT2D eigenvalue weighted by Crippen LogP contribution is -2.45. The quantitative estimate of drug-likeness (QED) is 0.303. The number of carbonyl (C=O) groups excluding carboxylic acids is 2. The molecular weight excluding hydrogens is 488 g/mol. The maximum absolute atomic E-state index is 13.1. The molecule has 0 radical (unpaired) electrons. The molecule has 1 aliphatic rings. The highest BCUT2D eigenvalue weighted by Gasteiger charge is 2.34. The number of nitrogens with one attached hydrogen (secondary N) is 1. The number of nitrogens with zero attached hydrogens (tertiary/aromatic N) is 1. The van der Waals surface area contributed by atoms with Gasteiger partial charge in [-0.15, -0.1) is 0 Å². The van der Waals surface area contributed by atoms with Crippen molar-refractivity contribution in [1.29, 1.82) is 0 Å². The lowest BCUT2D eigenvalue weighted by Gasteiger charge is -2.19. The SMILES string of the molecule is Cc1ccccc1C(=O)NN1C(=O)/C(=C\c2ccccc2OCc2ccc(C(C)(C)C)cc2)SC1=S. The maximum atomic E-state index is 13.1. The van der Waals surface area contributed by atoms with Crippen LogP contribution in [0.3, 0.4) is 0 Å². The van der Waals surface area contributed by atoms with Gasteiger partial charge in [0.15, 0.2) is 4.32 Å². The molecule has 1 heterocycles. The van der Waals surface area contributed by atoms with Crippen LogP contribution in [0.4, 0.5) is 0 Å². The van der Waals surface area contributed by atoms with E-state index >= 15 is 0 Å². The van der Waals surface area contributed by atoms with E-state index < -0.39 is 0 Å². The van der Waals surface area contributed by atoms with Gasteiger partial charge >= 0.3 is 0 Å². The Hall–Kier alpha value is -3.42.